The van der Waals surface area contributed by atoms with Gasteiger partial charge in [0, 0.05) is 5.69 Å². The number of nitrogens with two attached hydrogens (primary N) is 1. The molecule has 18 heavy (non-hydrogen) atoms. The molecule has 0 saturated heterocycles. The summed E-state index contributed by atoms with van der Waals surface area (Å²) in [6.07, 6.45) is 1.01. The summed E-state index contributed by atoms with van der Waals surface area (Å²) in [5.74, 6) is -1.88. The number of benzene rings is 1. The quantitative estimate of drug-likeness (QED) is 0.770. The number of hydrogen-bond acceptors (Lipinski definition) is 4. The van der Waals surface area contributed by atoms with Crippen LogP contribution in [0.15, 0.2) is 18.5 Å². The van der Waals surface area contributed by atoms with Gasteiger partial charge >= 0.3 is 0 Å². The maximum Gasteiger partial charge on any atom is 0.177 e. The summed E-state index contributed by atoms with van der Waals surface area (Å²) >= 11 is 0. The van der Waals surface area contributed by atoms with E-state index in [1.54, 1.807) is 12.1 Å². The molecule has 7 heteroatoms. The molecule has 0 atom stereocenters. The van der Waals surface area contributed by atoms with E-state index in [9.17, 15) is 8.78 Å². The van der Waals surface area contributed by atoms with E-state index in [2.05, 4.69) is 4.98 Å². The number of nitrogen functional groups attached to an aromatic ring is 1. The summed E-state index contributed by atoms with van der Waals surface area (Å²) in [7, 11) is 0. The monoisotopic (exact) mass is 245 g/mol. The average Bonchev–Trinajstić information content (AvgIpc) is 2.70. The van der Waals surface area contributed by atoms with Crippen molar-refractivity contribution in [2.45, 2.75) is 0 Å². The van der Waals surface area contributed by atoms with Crippen molar-refractivity contribution in [1.29, 1.82) is 10.5 Å². The number of nitriles is 2. The van der Waals surface area contributed by atoms with Gasteiger partial charge in [0.15, 0.2) is 23.0 Å². The Kier molecular flexibility index (Phi) is 2.66. The molecule has 1 aromatic carbocycles. The fourth-order valence-corrected chi connectivity index (χ4v) is 1.52. The zero-order valence-corrected chi connectivity index (χ0v) is 8.85. The van der Waals surface area contributed by atoms with Crippen LogP contribution in [0.2, 0.25) is 0 Å². The van der Waals surface area contributed by atoms with Crippen LogP contribution in [0.25, 0.3) is 5.69 Å². The molecule has 0 amide bonds. The number of rotatable bonds is 1. The van der Waals surface area contributed by atoms with Gasteiger partial charge in [-0.05, 0) is 12.1 Å². The maximum absolute atomic E-state index is 13.7. The van der Waals surface area contributed by atoms with Crippen molar-refractivity contribution in [1.82, 2.24) is 9.55 Å². The highest BCUT2D eigenvalue weighted by Crippen LogP contribution is 2.23. The fourth-order valence-electron chi connectivity index (χ4n) is 1.52. The van der Waals surface area contributed by atoms with Crippen LogP contribution in [-0.4, -0.2) is 9.55 Å². The first-order valence-corrected chi connectivity index (χ1v) is 4.71. The van der Waals surface area contributed by atoms with E-state index in [1.807, 2.05) is 0 Å². The van der Waals surface area contributed by atoms with Crippen molar-refractivity contribution >= 4 is 5.69 Å². The van der Waals surface area contributed by atoms with Crippen LogP contribution >= 0.6 is 0 Å². The van der Waals surface area contributed by atoms with E-state index in [-0.39, 0.29) is 17.1 Å². The number of hydrogen-bond donors (Lipinski definition) is 1. The maximum atomic E-state index is 13.7. The summed E-state index contributed by atoms with van der Waals surface area (Å²) in [5.41, 5.74) is 4.28. The summed E-state index contributed by atoms with van der Waals surface area (Å²) < 4.78 is 28.2. The van der Waals surface area contributed by atoms with Gasteiger partial charge in [0.25, 0.3) is 0 Å². The standard InChI is InChI=1S/C11H5F2N5/c12-7-1-6(16)2-8(13)11(7)18-5-17-9(3-14)10(18)4-15/h1-2,5H,16H2. The van der Waals surface area contributed by atoms with Gasteiger partial charge in [-0.15, -0.1) is 0 Å². The smallest absolute Gasteiger partial charge is 0.177 e. The Balaban J connectivity index is 2.76. The van der Waals surface area contributed by atoms with Crippen molar-refractivity contribution < 1.29 is 8.78 Å². The molecule has 0 fully saturated rings. The van der Waals surface area contributed by atoms with E-state index in [4.69, 9.17) is 16.3 Å². The second kappa shape index (κ2) is 4.15. The normalized spacial score (nSPS) is 9.78. The molecule has 0 aliphatic heterocycles. The first kappa shape index (κ1) is 11.6. The third-order valence-electron chi connectivity index (χ3n) is 2.26. The molecule has 2 aromatic rings. The van der Waals surface area contributed by atoms with Gasteiger partial charge in [0.2, 0.25) is 0 Å². The lowest BCUT2D eigenvalue weighted by molar-refractivity contribution is 0.569. The number of anilines is 1. The van der Waals surface area contributed by atoms with Crippen molar-refractivity contribution in [3.8, 4) is 17.8 Å². The molecule has 0 aliphatic rings. The minimum absolute atomic E-state index is 0.0760. The average molecular weight is 245 g/mol. The number of halogens is 2. The fraction of sp³-hybridized carbons (Fsp3) is 0. The largest absolute Gasteiger partial charge is 0.399 e. The highest BCUT2D eigenvalue weighted by molar-refractivity contribution is 5.51. The Morgan fingerprint density at radius 3 is 2.28 bits per heavy atom. The van der Waals surface area contributed by atoms with Crippen LogP contribution in [0.3, 0.4) is 0 Å². The van der Waals surface area contributed by atoms with Gasteiger partial charge in [-0.25, -0.2) is 13.8 Å². The van der Waals surface area contributed by atoms with E-state index in [0.717, 1.165) is 23.0 Å². The van der Waals surface area contributed by atoms with Crippen LogP contribution in [-0.2, 0) is 0 Å². The minimum atomic E-state index is -0.939. The molecule has 1 aromatic heterocycles. The summed E-state index contributed by atoms with van der Waals surface area (Å²) in [5, 5.41) is 17.6. The minimum Gasteiger partial charge on any atom is -0.399 e. The Labute approximate surface area is 100 Å². The lowest BCUT2D eigenvalue weighted by atomic mass is 10.2. The first-order valence-electron chi connectivity index (χ1n) is 4.71. The second-order valence-electron chi connectivity index (χ2n) is 3.37. The molecular formula is C11H5F2N5. The second-order valence-corrected chi connectivity index (χ2v) is 3.37. The molecule has 0 unspecified atom stereocenters. The van der Waals surface area contributed by atoms with Gasteiger partial charge in [0.05, 0.1) is 0 Å². The molecule has 0 spiro atoms. The Morgan fingerprint density at radius 2 is 1.78 bits per heavy atom. The van der Waals surface area contributed by atoms with Crippen molar-refractivity contribution in [3.63, 3.8) is 0 Å². The van der Waals surface area contributed by atoms with Crippen LogP contribution in [0, 0.1) is 34.3 Å². The molecule has 0 aliphatic carbocycles. The molecule has 0 saturated carbocycles. The number of nitrogens with zero attached hydrogens (tertiary/aromatic N) is 4. The molecule has 5 nitrogen and oxygen atoms in total. The van der Waals surface area contributed by atoms with Crippen LogP contribution in [0.1, 0.15) is 11.4 Å². The Morgan fingerprint density at radius 1 is 1.17 bits per heavy atom. The van der Waals surface area contributed by atoms with Gasteiger partial charge in [-0.3, -0.25) is 4.57 Å². The molecule has 0 bridgehead atoms. The Bertz CT molecular complexity index is 682. The molecule has 1 heterocycles. The predicted octanol–water partition coefficient (Wildman–Crippen LogP) is 1.48. The van der Waals surface area contributed by atoms with Crippen LogP contribution in [0.5, 0.6) is 0 Å². The van der Waals surface area contributed by atoms with Gasteiger partial charge in [-0.2, -0.15) is 10.5 Å². The molecule has 88 valence electrons. The van der Waals surface area contributed by atoms with E-state index in [0.29, 0.717) is 0 Å². The van der Waals surface area contributed by atoms with Crippen molar-refractivity contribution in [2.75, 3.05) is 5.73 Å². The molecule has 2 rings (SSSR count). The predicted molar refractivity (Wildman–Crippen MR) is 57.3 cm³/mol. The highest BCUT2D eigenvalue weighted by atomic mass is 19.1. The van der Waals surface area contributed by atoms with Crippen molar-refractivity contribution in [3.05, 3.63) is 41.5 Å². The lowest BCUT2D eigenvalue weighted by Crippen LogP contribution is -2.04. The third-order valence-corrected chi connectivity index (χ3v) is 2.26. The number of imidazole rings is 1. The zero-order chi connectivity index (χ0) is 13.3. The summed E-state index contributed by atoms with van der Waals surface area (Å²) in [4.78, 5) is 3.60. The SMILES string of the molecule is N#Cc1ncn(-c2c(F)cc(N)cc2F)c1C#N. The van der Waals surface area contributed by atoms with Gasteiger partial charge in [0.1, 0.15) is 24.2 Å². The van der Waals surface area contributed by atoms with Gasteiger partial charge in [-0.1, -0.05) is 0 Å². The topological polar surface area (TPSA) is 91.4 Å². The van der Waals surface area contributed by atoms with Crippen LogP contribution < -0.4 is 5.73 Å². The van der Waals surface area contributed by atoms with Crippen molar-refractivity contribution in [2.24, 2.45) is 0 Å². The molecular weight excluding hydrogens is 240 g/mol. The Hall–Kier alpha value is -2.93. The first-order chi connectivity index (χ1) is 8.58. The number of aromatic nitrogens is 2. The highest BCUT2D eigenvalue weighted by Gasteiger charge is 2.18. The summed E-state index contributed by atoms with van der Waals surface area (Å²) in [6.45, 7) is 0. The summed E-state index contributed by atoms with van der Waals surface area (Å²) in [6, 6.07) is 5.18. The molecule has 2 N–H and O–H groups in total. The lowest BCUT2D eigenvalue weighted by Gasteiger charge is -2.07. The van der Waals surface area contributed by atoms with E-state index >= 15 is 0 Å². The third kappa shape index (κ3) is 1.64. The van der Waals surface area contributed by atoms with Crippen LogP contribution in [0.4, 0.5) is 14.5 Å². The van der Waals surface area contributed by atoms with Gasteiger partial charge < -0.3 is 5.73 Å². The molecule has 0 radical (unpaired) electrons. The van der Waals surface area contributed by atoms with E-state index < -0.39 is 17.3 Å². The zero-order valence-electron chi connectivity index (χ0n) is 8.85. The van der Waals surface area contributed by atoms with E-state index in [1.165, 1.54) is 0 Å².